The molecule has 0 atom stereocenters. The number of rotatable bonds is 9. The Kier molecular flexibility index (Phi) is 10.6. The Hall–Kier alpha value is -4.86. The van der Waals surface area contributed by atoms with Crippen LogP contribution in [0.25, 0.3) is 33.9 Å². The minimum Gasteiger partial charge on any atom is -0.497 e. The van der Waals surface area contributed by atoms with E-state index in [0.717, 1.165) is 144 Å². The molecule has 4 aliphatic carbocycles. The lowest BCUT2D eigenvalue weighted by atomic mass is 9.62. The molecule has 0 radical (unpaired) electrons. The molecule has 306 valence electrons. The maximum atomic E-state index is 15.2. The predicted octanol–water partition coefficient (Wildman–Crippen LogP) is 11.2. The van der Waals surface area contributed by atoms with Crippen molar-refractivity contribution < 1.29 is 4.74 Å². The highest BCUT2D eigenvalue weighted by Gasteiger charge is 2.45. The molecule has 0 saturated heterocycles. The lowest BCUT2D eigenvalue weighted by molar-refractivity contribution is 0.283. The van der Waals surface area contributed by atoms with Crippen LogP contribution in [-0.2, 0) is 23.7 Å². The van der Waals surface area contributed by atoms with Crippen LogP contribution in [0.2, 0.25) is 0 Å². The number of methoxy groups -OCH3 is 1. The number of nitrogens with zero attached hydrogens (tertiary/aromatic N) is 4. The molecule has 4 aliphatic rings. The number of hydrogen-bond acceptors (Lipinski definition) is 7. The summed E-state index contributed by atoms with van der Waals surface area (Å²) in [6.45, 7) is 2.08. The first kappa shape index (κ1) is 39.3. The largest absolute Gasteiger partial charge is 0.497 e. The highest BCUT2D eigenvalue weighted by atomic mass is 32.2. The predicted molar refractivity (Wildman–Crippen MR) is 245 cm³/mol. The second-order valence-corrected chi connectivity index (χ2v) is 19.5. The van der Waals surface area contributed by atoms with Gasteiger partial charge in [-0.25, -0.2) is 9.97 Å². The van der Waals surface area contributed by atoms with Crippen LogP contribution in [-0.4, -0.2) is 37.7 Å². The highest BCUT2D eigenvalue weighted by Crippen LogP contribution is 2.51. The number of ether oxygens (including phenoxy) is 1. The van der Waals surface area contributed by atoms with Gasteiger partial charge in [-0.05, 0) is 98.9 Å². The first-order valence-corrected chi connectivity index (χ1v) is 23.8. The topological polar surface area (TPSA) is 79.0 Å². The smallest absolute Gasteiger partial charge is 0.263 e. The van der Waals surface area contributed by atoms with E-state index >= 15 is 9.59 Å². The molecule has 2 spiro atoms. The van der Waals surface area contributed by atoms with E-state index < -0.39 is 0 Å². The minimum absolute atomic E-state index is 0.0509. The van der Waals surface area contributed by atoms with Crippen LogP contribution in [0.15, 0.2) is 117 Å². The van der Waals surface area contributed by atoms with Crippen LogP contribution in [0.5, 0.6) is 5.75 Å². The summed E-state index contributed by atoms with van der Waals surface area (Å²) in [5.41, 5.74) is 10.8. The molecule has 0 N–H and O–H groups in total. The minimum atomic E-state index is -0.202. The van der Waals surface area contributed by atoms with E-state index in [1.54, 1.807) is 30.6 Å². The molecule has 6 aromatic rings. The van der Waals surface area contributed by atoms with Crippen LogP contribution in [0.3, 0.4) is 0 Å². The molecular weight excluding hydrogens is 781 g/mol. The summed E-state index contributed by atoms with van der Waals surface area (Å²) in [7, 11) is 1.66. The average Bonchev–Trinajstić information content (AvgIpc) is 3.27. The van der Waals surface area contributed by atoms with Crippen LogP contribution in [0, 0.1) is 6.92 Å². The monoisotopic (exact) mass is 832 g/mol. The summed E-state index contributed by atoms with van der Waals surface area (Å²) in [5, 5.41) is 1.44. The van der Waals surface area contributed by atoms with Crippen molar-refractivity contribution in [2.24, 2.45) is 0 Å². The van der Waals surface area contributed by atoms with Crippen LogP contribution >= 0.6 is 23.5 Å². The third kappa shape index (κ3) is 6.76. The second-order valence-electron chi connectivity index (χ2n) is 17.4. The van der Waals surface area contributed by atoms with Gasteiger partial charge in [-0.15, -0.1) is 0 Å². The number of benzene rings is 4. The first-order valence-electron chi connectivity index (χ1n) is 21.9. The van der Waals surface area contributed by atoms with Gasteiger partial charge in [0, 0.05) is 33.5 Å². The Labute approximate surface area is 361 Å². The van der Waals surface area contributed by atoms with Gasteiger partial charge in [-0.1, -0.05) is 129 Å². The molecule has 7 nitrogen and oxygen atoms in total. The van der Waals surface area contributed by atoms with Crippen molar-refractivity contribution in [3.05, 3.63) is 146 Å². The molecule has 10 rings (SSSR count). The standard InChI is InChI=1S/C51H52N4O3S2/c1-34-16-5-10-21-41(34)55-47(57)43-45(40-20-9-7-18-36(40)33-51(43)28-13-4-14-29-51)53-49(55)60-31-15-30-59-48-52-44-39-19-8-6-17-35(39)32-50(26-11-3-12-27-50)42(44)46(56)54(48)37-22-24-38(58-2)25-23-37/h5-10,16-25H,3-4,11-15,26-33H2,1-2H3. The first-order chi connectivity index (χ1) is 29.4. The second kappa shape index (κ2) is 16.2. The maximum Gasteiger partial charge on any atom is 0.263 e. The Morgan fingerprint density at radius 1 is 0.600 bits per heavy atom. The zero-order chi connectivity index (χ0) is 40.8. The third-order valence-corrected chi connectivity index (χ3v) is 15.9. The van der Waals surface area contributed by atoms with Crippen LogP contribution in [0.1, 0.15) is 98.4 Å². The SMILES string of the molecule is COc1ccc(-n2c(SCCCSc3nc4c(c(=O)n3-c3ccccc3C)C3(CCCCC3)Cc3ccccc3-4)nc3c(c2=O)C2(CCCCC2)Cc2ccccc2-3)cc1. The summed E-state index contributed by atoms with van der Waals surface area (Å²) in [6.07, 6.45) is 13.6. The fraction of sp³-hybridized carbons (Fsp3) is 0.373. The fourth-order valence-corrected chi connectivity index (χ4v) is 13.0. The third-order valence-electron chi connectivity index (χ3n) is 13.8. The molecule has 2 saturated carbocycles. The van der Waals surface area contributed by atoms with Crippen molar-refractivity contribution in [3.63, 3.8) is 0 Å². The Bertz CT molecular complexity index is 2710. The molecule has 0 aliphatic heterocycles. The summed E-state index contributed by atoms with van der Waals surface area (Å²) in [4.78, 5) is 41.2. The van der Waals surface area contributed by atoms with Crippen molar-refractivity contribution in [3.8, 4) is 39.6 Å². The number of thioether (sulfide) groups is 2. The van der Waals surface area contributed by atoms with Gasteiger partial charge in [0.2, 0.25) is 0 Å². The average molecular weight is 833 g/mol. The van der Waals surface area contributed by atoms with Gasteiger partial charge in [0.05, 0.1) is 41.0 Å². The van der Waals surface area contributed by atoms with E-state index in [0.29, 0.717) is 5.16 Å². The van der Waals surface area contributed by atoms with Gasteiger partial charge in [0.15, 0.2) is 10.3 Å². The normalized spacial score (nSPS) is 17.1. The molecule has 2 heterocycles. The van der Waals surface area contributed by atoms with E-state index in [1.165, 1.54) is 24.0 Å². The Balaban J connectivity index is 1.00. The van der Waals surface area contributed by atoms with E-state index in [9.17, 15) is 0 Å². The Morgan fingerprint density at radius 2 is 1.08 bits per heavy atom. The van der Waals surface area contributed by atoms with Crippen molar-refractivity contribution >= 4 is 23.5 Å². The number of fused-ring (bicyclic) bond motifs is 8. The lowest BCUT2D eigenvalue weighted by Crippen LogP contribution is -2.43. The summed E-state index contributed by atoms with van der Waals surface area (Å²) < 4.78 is 9.28. The van der Waals surface area contributed by atoms with Gasteiger partial charge in [0.25, 0.3) is 11.1 Å². The summed E-state index contributed by atoms with van der Waals surface area (Å²) in [5.74, 6) is 2.24. The number of aryl methyl sites for hydroxylation is 1. The molecule has 4 aromatic carbocycles. The van der Waals surface area contributed by atoms with Crippen molar-refractivity contribution in [2.75, 3.05) is 18.6 Å². The quantitative estimate of drug-likeness (QED) is 0.0815. The van der Waals surface area contributed by atoms with Gasteiger partial charge >= 0.3 is 0 Å². The molecule has 2 aromatic heterocycles. The van der Waals surface area contributed by atoms with Gasteiger partial charge in [-0.2, -0.15) is 0 Å². The van der Waals surface area contributed by atoms with Crippen molar-refractivity contribution in [1.82, 2.24) is 19.1 Å². The molecular formula is C51H52N4O3S2. The van der Waals surface area contributed by atoms with Gasteiger partial charge in [0.1, 0.15) is 5.75 Å². The zero-order valence-electron chi connectivity index (χ0n) is 34.7. The highest BCUT2D eigenvalue weighted by molar-refractivity contribution is 8.00. The number of hydrogen-bond donors (Lipinski definition) is 0. The number of para-hydroxylation sites is 1. The lowest BCUT2D eigenvalue weighted by Gasteiger charge is -2.42. The summed E-state index contributed by atoms with van der Waals surface area (Å²) >= 11 is 3.29. The van der Waals surface area contributed by atoms with Gasteiger partial charge in [-0.3, -0.25) is 18.7 Å². The maximum absolute atomic E-state index is 15.2. The molecule has 0 bridgehead atoms. The summed E-state index contributed by atoms with van der Waals surface area (Å²) in [6, 6.07) is 33.2. The number of aromatic nitrogens is 4. The molecule has 2 fully saturated rings. The Morgan fingerprint density at radius 3 is 1.62 bits per heavy atom. The van der Waals surface area contributed by atoms with Crippen molar-refractivity contribution in [1.29, 1.82) is 0 Å². The van der Waals surface area contributed by atoms with Crippen molar-refractivity contribution in [2.45, 2.75) is 112 Å². The molecule has 60 heavy (non-hydrogen) atoms. The molecule has 9 heteroatoms. The van der Waals surface area contributed by atoms with Gasteiger partial charge < -0.3 is 4.74 Å². The molecule has 0 amide bonds. The fourth-order valence-electron chi connectivity index (χ4n) is 10.9. The van der Waals surface area contributed by atoms with Crippen LogP contribution in [0.4, 0.5) is 0 Å². The van der Waals surface area contributed by atoms with E-state index in [1.807, 2.05) is 45.5 Å². The van der Waals surface area contributed by atoms with E-state index in [2.05, 4.69) is 67.6 Å². The zero-order valence-corrected chi connectivity index (χ0v) is 36.3. The van der Waals surface area contributed by atoms with E-state index in [4.69, 9.17) is 14.7 Å². The molecule has 0 unspecified atom stereocenters. The van der Waals surface area contributed by atoms with E-state index in [-0.39, 0.29) is 21.9 Å². The van der Waals surface area contributed by atoms with Crippen LogP contribution < -0.4 is 15.9 Å².